The van der Waals surface area contributed by atoms with Gasteiger partial charge in [0.1, 0.15) is 11.6 Å². The zero-order valence-electron chi connectivity index (χ0n) is 14.5. The highest BCUT2D eigenvalue weighted by Crippen LogP contribution is 2.21. The molecule has 0 aliphatic carbocycles. The zero-order valence-corrected chi connectivity index (χ0v) is 14.5. The Labute approximate surface area is 158 Å². The van der Waals surface area contributed by atoms with Crippen LogP contribution in [0.4, 0.5) is 8.78 Å². The van der Waals surface area contributed by atoms with Gasteiger partial charge < -0.3 is 10.6 Å². The van der Waals surface area contributed by atoms with Crippen LogP contribution < -0.4 is 10.6 Å². The number of carbonyl (C=O) groups is 2. The predicted molar refractivity (Wildman–Crippen MR) is 94.2 cm³/mol. The maximum atomic E-state index is 13.7. The molecular formula is C19H15F2N5O2. The van der Waals surface area contributed by atoms with Crippen molar-refractivity contribution >= 4 is 11.8 Å². The van der Waals surface area contributed by atoms with Gasteiger partial charge in [-0.2, -0.15) is 0 Å². The van der Waals surface area contributed by atoms with E-state index in [0.29, 0.717) is 6.54 Å². The minimum Gasteiger partial charge on any atom is -0.346 e. The molecule has 0 saturated carbocycles. The Morgan fingerprint density at radius 3 is 2.79 bits per heavy atom. The summed E-state index contributed by atoms with van der Waals surface area (Å²) in [6, 6.07) is 12.0. The van der Waals surface area contributed by atoms with Crippen molar-refractivity contribution in [3.63, 3.8) is 0 Å². The highest BCUT2D eigenvalue weighted by molar-refractivity contribution is 6.05. The Kier molecular flexibility index (Phi) is 4.56. The first-order valence-corrected chi connectivity index (χ1v) is 8.54. The fourth-order valence-electron chi connectivity index (χ4n) is 3.08. The van der Waals surface area contributed by atoms with E-state index in [4.69, 9.17) is 0 Å². The second kappa shape index (κ2) is 7.18. The molecule has 9 heteroatoms. The number of hydrogen-bond donors (Lipinski definition) is 2. The highest BCUT2D eigenvalue weighted by Gasteiger charge is 2.32. The van der Waals surface area contributed by atoms with Gasteiger partial charge in [-0.05, 0) is 23.8 Å². The van der Waals surface area contributed by atoms with Crippen molar-refractivity contribution < 1.29 is 18.4 Å². The van der Waals surface area contributed by atoms with Crippen molar-refractivity contribution in [1.29, 1.82) is 0 Å². The van der Waals surface area contributed by atoms with Gasteiger partial charge in [0.2, 0.25) is 0 Å². The lowest BCUT2D eigenvalue weighted by Crippen LogP contribution is -2.40. The second-order valence-electron chi connectivity index (χ2n) is 6.32. The minimum absolute atomic E-state index is 0.0111. The fraction of sp³-hybridized carbons (Fsp3) is 0.158. The van der Waals surface area contributed by atoms with E-state index in [9.17, 15) is 18.4 Å². The first-order chi connectivity index (χ1) is 13.5. The van der Waals surface area contributed by atoms with E-state index < -0.39 is 23.4 Å². The monoisotopic (exact) mass is 383 g/mol. The summed E-state index contributed by atoms with van der Waals surface area (Å²) in [5.74, 6) is -2.43. The fourth-order valence-corrected chi connectivity index (χ4v) is 3.08. The number of nitrogens with one attached hydrogen (secondary N) is 2. The molecule has 3 aromatic rings. The molecule has 7 nitrogen and oxygen atoms in total. The van der Waals surface area contributed by atoms with Gasteiger partial charge in [0.15, 0.2) is 11.4 Å². The van der Waals surface area contributed by atoms with Crippen molar-refractivity contribution in [3.05, 3.63) is 82.7 Å². The van der Waals surface area contributed by atoms with Crippen molar-refractivity contribution in [2.75, 3.05) is 0 Å². The summed E-state index contributed by atoms with van der Waals surface area (Å²) in [5.41, 5.74) is 0.762. The molecule has 0 spiro atoms. The Balaban J connectivity index is 1.52. The zero-order chi connectivity index (χ0) is 19.7. The summed E-state index contributed by atoms with van der Waals surface area (Å²) in [7, 11) is 0. The molecule has 0 fully saturated rings. The number of carbonyl (C=O) groups excluding carboxylic acids is 2. The van der Waals surface area contributed by atoms with E-state index in [1.165, 1.54) is 4.68 Å². The third kappa shape index (κ3) is 3.34. The molecule has 2 N–H and O–H groups in total. The molecule has 0 unspecified atom stereocenters. The van der Waals surface area contributed by atoms with Crippen molar-refractivity contribution in [3.8, 4) is 0 Å². The van der Waals surface area contributed by atoms with Crippen LogP contribution in [0.1, 0.15) is 38.1 Å². The summed E-state index contributed by atoms with van der Waals surface area (Å²) < 4.78 is 28.3. The standard InChI is InChI=1S/C19H15F2N5O2/c20-13-6-7-14(21)12(8-13)9-22-18(27)16-17-19(28)23-15(10-26(17)25-24-16)11-4-2-1-3-5-11/h1-8,15H,9-10H2,(H,22,27)(H,23,28)/t15-/m1/s1. The molecular weight excluding hydrogens is 368 g/mol. The lowest BCUT2D eigenvalue weighted by Gasteiger charge is -2.24. The van der Waals surface area contributed by atoms with Gasteiger partial charge in [0.25, 0.3) is 11.8 Å². The van der Waals surface area contributed by atoms with Crippen molar-refractivity contribution in [2.24, 2.45) is 0 Å². The third-order valence-corrected chi connectivity index (χ3v) is 4.48. The van der Waals surface area contributed by atoms with E-state index in [2.05, 4.69) is 20.9 Å². The highest BCUT2D eigenvalue weighted by atomic mass is 19.1. The lowest BCUT2D eigenvalue weighted by atomic mass is 10.0. The minimum atomic E-state index is -0.696. The van der Waals surface area contributed by atoms with E-state index in [1.54, 1.807) is 0 Å². The molecule has 1 aromatic heterocycles. The van der Waals surface area contributed by atoms with Gasteiger partial charge in [-0.3, -0.25) is 9.59 Å². The summed E-state index contributed by atoms with van der Waals surface area (Å²) in [4.78, 5) is 24.9. The van der Waals surface area contributed by atoms with E-state index in [1.807, 2.05) is 30.3 Å². The molecule has 142 valence electrons. The van der Waals surface area contributed by atoms with Gasteiger partial charge in [-0.25, -0.2) is 13.5 Å². The number of halogens is 2. The van der Waals surface area contributed by atoms with Crippen LogP contribution in [-0.4, -0.2) is 26.8 Å². The van der Waals surface area contributed by atoms with E-state index in [-0.39, 0.29) is 29.5 Å². The maximum absolute atomic E-state index is 13.7. The molecule has 2 aromatic carbocycles. The SMILES string of the molecule is O=C(NCc1cc(F)ccc1F)c1nnn2c1C(=O)N[C@@H](c1ccccc1)C2. The van der Waals surface area contributed by atoms with Crippen LogP contribution in [0.15, 0.2) is 48.5 Å². The molecule has 2 amide bonds. The molecule has 28 heavy (non-hydrogen) atoms. The van der Waals surface area contributed by atoms with Crippen LogP contribution in [0.3, 0.4) is 0 Å². The number of hydrogen-bond acceptors (Lipinski definition) is 4. The molecule has 1 aliphatic heterocycles. The lowest BCUT2D eigenvalue weighted by molar-refractivity contribution is 0.0876. The van der Waals surface area contributed by atoms with Crippen molar-refractivity contribution in [2.45, 2.75) is 19.1 Å². The summed E-state index contributed by atoms with van der Waals surface area (Å²) >= 11 is 0. The summed E-state index contributed by atoms with van der Waals surface area (Å²) in [5, 5.41) is 13.0. The Morgan fingerprint density at radius 2 is 2.00 bits per heavy atom. The third-order valence-electron chi connectivity index (χ3n) is 4.48. The number of rotatable bonds is 4. The summed E-state index contributed by atoms with van der Waals surface area (Å²) in [6.07, 6.45) is 0. The smallest absolute Gasteiger partial charge is 0.274 e. The largest absolute Gasteiger partial charge is 0.346 e. The predicted octanol–water partition coefficient (Wildman–Crippen LogP) is 1.97. The van der Waals surface area contributed by atoms with Gasteiger partial charge in [0.05, 0.1) is 12.6 Å². The Hall–Kier alpha value is -3.62. The Morgan fingerprint density at radius 1 is 1.21 bits per heavy atom. The number of benzene rings is 2. The van der Waals surface area contributed by atoms with Crippen LogP contribution in [-0.2, 0) is 13.1 Å². The van der Waals surface area contributed by atoms with Crippen molar-refractivity contribution in [1.82, 2.24) is 25.6 Å². The van der Waals surface area contributed by atoms with E-state index >= 15 is 0 Å². The molecule has 2 heterocycles. The maximum Gasteiger partial charge on any atom is 0.274 e. The van der Waals surface area contributed by atoms with Crippen LogP contribution in [0.25, 0.3) is 0 Å². The molecule has 4 rings (SSSR count). The van der Waals surface area contributed by atoms with Crippen LogP contribution in [0, 0.1) is 11.6 Å². The van der Waals surface area contributed by atoms with Gasteiger partial charge in [-0.1, -0.05) is 35.5 Å². The van der Waals surface area contributed by atoms with Crippen LogP contribution in [0.2, 0.25) is 0 Å². The average Bonchev–Trinajstić information content (AvgIpc) is 3.14. The first-order valence-electron chi connectivity index (χ1n) is 8.54. The van der Waals surface area contributed by atoms with E-state index in [0.717, 1.165) is 23.8 Å². The van der Waals surface area contributed by atoms with Crippen LogP contribution >= 0.6 is 0 Å². The number of aromatic nitrogens is 3. The van der Waals surface area contributed by atoms with Crippen LogP contribution in [0.5, 0.6) is 0 Å². The topological polar surface area (TPSA) is 88.9 Å². The number of amides is 2. The van der Waals surface area contributed by atoms with Gasteiger partial charge in [0, 0.05) is 12.1 Å². The molecule has 0 bridgehead atoms. The normalized spacial score (nSPS) is 15.6. The average molecular weight is 383 g/mol. The second-order valence-corrected chi connectivity index (χ2v) is 6.32. The van der Waals surface area contributed by atoms with Gasteiger partial charge >= 0.3 is 0 Å². The number of fused-ring (bicyclic) bond motifs is 1. The summed E-state index contributed by atoms with van der Waals surface area (Å²) in [6.45, 7) is 0.0763. The molecule has 1 aliphatic rings. The first kappa shape index (κ1) is 17.8. The Bertz CT molecular complexity index is 1050. The van der Waals surface area contributed by atoms with Gasteiger partial charge in [-0.15, -0.1) is 5.10 Å². The quantitative estimate of drug-likeness (QED) is 0.721. The molecule has 0 radical (unpaired) electrons. The molecule has 1 atom stereocenters. The molecule has 0 saturated heterocycles. The number of nitrogens with zero attached hydrogens (tertiary/aromatic N) is 3.